The Labute approximate surface area is 164 Å². The van der Waals surface area contributed by atoms with Gasteiger partial charge in [0.25, 0.3) is 0 Å². The van der Waals surface area contributed by atoms with Gasteiger partial charge < -0.3 is 10.6 Å². The van der Waals surface area contributed by atoms with Crippen molar-refractivity contribution in [3.8, 4) is 0 Å². The summed E-state index contributed by atoms with van der Waals surface area (Å²) in [5.41, 5.74) is 6.09. The Bertz CT molecular complexity index is 1130. The van der Waals surface area contributed by atoms with Crippen molar-refractivity contribution < 1.29 is 0 Å². The Kier molecular flexibility index (Phi) is 4.20. The highest BCUT2D eigenvalue weighted by Gasteiger charge is 2.21. The summed E-state index contributed by atoms with van der Waals surface area (Å²) in [4.78, 5) is 4.86. The second-order valence-electron chi connectivity index (χ2n) is 7.38. The third kappa shape index (κ3) is 3.20. The second-order valence-corrected chi connectivity index (χ2v) is 7.38. The molecule has 2 heterocycles. The zero-order valence-corrected chi connectivity index (χ0v) is 15.9. The van der Waals surface area contributed by atoms with Gasteiger partial charge in [0.15, 0.2) is 0 Å². The third-order valence-corrected chi connectivity index (χ3v) is 5.43. The number of benzene rings is 2. The van der Waals surface area contributed by atoms with Crippen molar-refractivity contribution in [2.24, 2.45) is 7.05 Å². The predicted molar refractivity (Wildman–Crippen MR) is 113 cm³/mol. The van der Waals surface area contributed by atoms with Crippen molar-refractivity contribution in [3.63, 3.8) is 0 Å². The number of rotatable bonds is 5. The molecule has 1 aliphatic rings. The highest BCUT2D eigenvalue weighted by Crippen LogP contribution is 2.34. The van der Waals surface area contributed by atoms with Crippen LogP contribution in [-0.4, -0.2) is 14.8 Å². The van der Waals surface area contributed by atoms with Crippen molar-refractivity contribution in [2.75, 3.05) is 10.6 Å². The molecule has 2 aromatic heterocycles. The Morgan fingerprint density at radius 3 is 2.89 bits per heavy atom. The van der Waals surface area contributed by atoms with Crippen LogP contribution in [0.4, 0.5) is 11.5 Å². The largest absolute Gasteiger partial charge is 0.380 e. The van der Waals surface area contributed by atoms with Crippen LogP contribution in [0.1, 0.15) is 29.2 Å². The highest BCUT2D eigenvalue weighted by molar-refractivity contribution is 5.92. The molecule has 0 saturated carbocycles. The minimum atomic E-state index is 0.341. The molecule has 2 aromatic carbocycles. The van der Waals surface area contributed by atoms with Crippen molar-refractivity contribution in [1.29, 1.82) is 0 Å². The van der Waals surface area contributed by atoms with E-state index in [1.165, 1.54) is 11.1 Å². The topological polar surface area (TPSA) is 54.8 Å². The molecule has 0 bridgehead atoms. The van der Waals surface area contributed by atoms with Crippen LogP contribution in [0.5, 0.6) is 0 Å². The Morgan fingerprint density at radius 2 is 2.00 bits per heavy atom. The maximum absolute atomic E-state index is 4.86. The number of nitrogens with zero attached hydrogens (tertiary/aromatic N) is 3. The summed E-state index contributed by atoms with van der Waals surface area (Å²) in [7, 11) is 1.93. The first-order valence-corrected chi connectivity index (χ1v) is 9.72. The summed E-state index contributed by atoms with van der Waals surface area (Å²) >= 11 is 0. The van der Waals surface area contributed by atoms with E-state index in [0.717, 1.165) is 47.4 Å². The van der Waals surface area contributed by atoms with Crippen molar-refractivity contribution >= 4 is 22.4 Å². The number of hydrogen-bond donors (Lipinski definition) is 2. The number of pyridine rings is 1. The van der Waals surface area contributed by atoms with E-state index in [0.29, 0.717) is 6.04 Å². The lowest BCUT2D eigenvalue weighted by molar-refractivity contribution is 0.758. The lowest BCUT2D eigenvalue weighted by Gasteiger charge is -2.16. The van der Waals surface area contributed by atoms with Gasteiger partial charge in [0, 0.05) is 36.4 Å². The van der Waals surface area contributed by atoms with Gasteiger partial charge >= 0.3 is 0 Å². The van der Waals surface area contributed by atoms with Crippen molar-refractivity contribution in [3.05, 3.63) is 83.7 Å². The number of nitrogens with one attached hydrogen (secondary N) is 2. The molecule has 0 fully saturated rings. The standard InChI is InChI=1S/C23H23N5/c1-28-15-16(14-25-28)13-24-20-7-4-8-21-19(20)10-12-23(26-21)27-22-11-9-17-5-2-3-6-18(17)22/h2-8,10,12,14-15,22,24H,9,11,13H2,1H3,(H,26,27)/t22-/m1/s1. The summed E-state index contributed by atoms with van der Waals surface area (Å²) in [6.45, 7) is 0.742. The molecular formula is C23H23N5. The maximum Gasteiger partial charge on any atom is 0.127 e. The molecule has 1 atom stereocenters. The number of aromatic nitrogens is 3. The summed E-state index contributed by atoms with van der Waals surface area (Å²) in [6, 6.07) is 19.5. The van der Waals surface area contributed by atoms with E-state index in [1.807, 2.05) is 24.1 Å². The van der Waals surface area contributed by atoms with Crippen molar-refractivity contribution in [2.45, 2.75) is 25.4 Å². The molecule has 140 valence electrons. The lowest BCUT2D eigenvalue weighted by atomic mass is 10.1. The minimum absolute atomic E-state index is 0.341. The fourth-order valence-corrected chi connectivity index (χ4v) is 4.04. The predicted octanol–water partition coefficient (Wildman–Crippen LogP) is 4.68. The zero-order valence-electron chi connectivity index (χ0n) is 15.9. The summed E-state index contributed by atoms with van der Waals surface area (Å²) in [5, 5.41) is 12.5. The van der Waals surface area contributed by atoms with Crippen LogP contribution < -0.4 is 10.6 Å². The van der Waals surface area contributed by atoms with E-state index in [-0.39, 0.29) is 0 Å². The Morgan fingerprint density at radius 1 is 1.07 bits per heavy atom. The highest BCUT2D eigenvalue weighted by atomic mass is 15.2. The fraction of sp³-hybridized carbons (Fsp3) is 0.217. The first-order chi connectivity index (χ1) is 13.8. The van der Waals surface area contributed by atoms with Gasteiger partial charge in [-0.1, -0.05) is 30.3 Å². The molecule has 0 unspecified atom stereocenters. The molecule has 0 saturated heterocycles. The van der Waals surface area contributed by atoms with E-state index in [9.17, 15) is 0 Å². The molecule has 5 heteroatoms. The molecule has 2 N–H and O–H groups in total. The van der Waals surface area contributed by atoms with Gasteiger partial charge in [0.05, 0.1) is 17.8 Å². The van der Waals surface area contributed by atoms with E-state index >= 15 is 0 Å². The fourth-order valence-electron chi connectivity index (χ4n) is 4.04. The maximum atomic E-state index is 4.86. The first-order valence-electron chi connectivity index (χ1n) is 9.72. The molecule has 4 aromatic rings. The van der Waals surface area contributed by atoms with Gasteiger partial charge in [0.1, 0.15) is 5.82 Å². The van der Waals surface area contributed by atoms with Gasteiger partial charge in [-0.25, -0.2) is 4.98 Å². The molecule has 0 spiro atoms. The van der Waals surface area contributed by atoms with Gasteiger partial charge in [-0.15, -0.1) is 0 Å². The smallest absolute Gasteiger partial charge is 0.127 e. The second kappa shape index (κ2) is 7.00. The zero-order chi connectivity index (χ0) is 18.9. The Hall–Kier alpha value is -3.34. The molecule has 0 aliphatic heterocycles. The summed E-state index contributed by atoms with van der Waals surface area (Å²) < 4.78 is 1.82. The van der Waals surface area contributed by atoms with Gasteiger partial charge in [-0.3, -0.25) is 4.68 Å². The minimum Gasteiger partial charge on any atom is -0.380 e. The number of aryl methyl sites for hydroxylation is 2. The van der Waals surface area contributed by atoms with Gasteiger partial charge in [0.2, 0.25) is 0 Å². The van der Waals surface area contributed by atoms with Gasteiger partial charge in [-0.2, -0.15) is 5.10 Å². The SMILES string of the molecule is Cn1cc(CNc2cccc3nc(N[C@@H]4CCc5ccccc54)ccc23)cn1. The Balaban J connectivity index is 1.37. The lowest BCUT2D eigenvalue weighted by Crippen LogP contribution is -2.08. The van der Waals surface area contributed by atoms with E-state index < -0.39 is 0 Å². The molecule has 28 heavy (non-hydrogen) atoms. The number of hydrogen-bond acceptors (Lipinski definition) is 4. The molecular weight excluding hydrogens is 346 g/mol. The van der Waals surface area contributed by atoms with Crippen LogP contribution in [0, 0.1) is 0 Å². The quantitative estimate of drug-likeness (QED) is 0.536. The van der Waals surface area contributed by atoms with Crippen LogP contribution in [0.3, 0.4) is 0 Å². The van der Waals surface area contributed by atoms with Crippen LogP contribution in [0.25, 0.3) is 10.9 Å². The molecule has 5 nitrogen and oxygen atoms in total. The average molecular weight is 369 g/mol. The van der Waals surface area contributed by atoms with Crippen LogP contribution in [0.15, 0.2) is 67.0 Å². The summed E-state index contributed by atoms with van der Waals surface area (Å²) in [6.07, 6.45) is 6.16. The monoisotopic (exact) mass is 369 g/mol. The molecule has 5 rings (SSSR count). The number of anilines is 2. The van der Waals surface area contributed by atoms with Crippen LogP contribution in [-0.2, 0) is 20.0 Å². The molecule has 0 radical (unpaired) electrons. The first kappa shape index (κ1) is 16.8. The number of fused-ring (bicyclic) bond motifs is 2. The molecule has 0 amide bonds. The normalized spacial score (nSPS) is 15.5. The molecule has 1 aliphatic carbocycles. The van der Waals surface area contributed by atoms with Crippen molar-refractivity contribution in [1.82, 2.24) is 14.8 Å². The van der Waals surface area contributed by atoms with Crippen LogP contribution in [0.2, 0.25) is 0 Å². The van der Waals surface area contributed by atoms with E-state index in [4.69, 9.17) is 4.98 Å². The summed E-state index contributed by atoms with van der Waals surface area (Å²) in [5.74, 6) is 0.929. The van der Waals surface area contributed by atoms with Crippen LogP contribution >= 0.6 is 0 Å². The average Bonchev–Trinajstić information content (AvgIpc) is 3.32. The van der Waals surface area contributed by atoms with E-state index in [1.54, 1.807) is 0 Å². The third-order valence-electron chi connectivity index (χ3n) is 5.43. The van der Waals surface area contributed by atoms with Gasteiger partial charge in [-0.05, 0) is 48.2 Å². The van der Waals surface area contributed by atoms with E-state index in [2.05, 4.69) is 70.3 Å².